The molecule has 0 aliphatic carbocycles. The molecule has 0 radical (unpaired) electrons. The van der Waals surface area contributed by atoms with Gasteiger partial charge in [0.1, 0.15) is 5.82 Å². The van der Waals surface area contributed by atoms with Gasteiger partial charge < -0.3 is 5.11 Å². The lowest BCUT2D eigenvalue weighted by molar-refractivity contribution is -0.140. The third-order valence-electron chi connectivity index (χ3n) is 3.39. The number of hydrogen-bond donors (Lipinski definition) is 2. The molecule has 3 aromatic rings. The van der Waals surface area contributed by atoms with Crippen LogP contribution in [0.4, 0.5) is 22.7 Å². The number of thiazole rings is 1. The zero-order valence-electron chi connectivity index (χ0n) is 12.6. The molecule has 0 atom stereocenters. The first-order valence-electron chi connectivity index (χ1n) is 6.97. The maximum Gasteiger partial charge on any atom is 0.419 e. The van der Waals surface area contributed by atoms with Crippen molar-refractivity contribution in [1.29, 1.82) is 0 Å². The predicted molar refractivity (Wildman–Crippen MR) is 85.9 cm³/mol. The van der Waals surface area contributed by atoms with Gasteiger partial charge in [0.05, 0.1) is 21.3 Å². The Labute approximate surface area is 146 Å². The molecule has 134 valence electrons. The quantitative estimate of drug-likeness (QED) is 0.656. The smallest absolute Gasteiger partial charge is 0.419 e. The maximum absolute atomic E-state index is 13.6. The number of carbonyl (C=O) groups is 2. The molecule has 2 N–H and O–H groups in total. The lowest BCUT2D eigenvalue weighted by Crippen LogP contribution is -2.14. The summed E-state index contributed by atoms with van der Waals surface area (Å²) in [5.74, 6) is -3.53. The number of nitrogens with one attached hydrogen (secondary N) is 1. The van der Waals surface area contributed by atoms with E-state index in [4.69, 9.17) is 5.11 Å². The van der Waals surface area contributed by atoms with Crippen molar-refractivity contribution in [2.45, 2.75) is 6.18 Å². The highest BCUT2D eigenvalue weighted by atomic mass is 32.1. The Balaban J connectivity index is 1.85. The minimum absolute atomic E-state index is 0.0190. The molecular formula is C16H8F4N2O3S. The van der Waals surface area contributed by atoms with Crippen LogP contribution in [0.1, 0.15) is 26.3 Å². The molecule has 0 unspecified atom stereocenters. The van der Waals surface area contributed by atoms with Crippen LogP contribution in [0.2, 0.25) is 0 Å². The molecule has 1 aromatic heterocycles. The fourth-order valence-electron chi connectivity index (χ4n) is 2.17. The maximum atomic E-state index is 13.6. The molecule has 0 spiro atoms. The standard InChI is InChI=1S/C16H8F4N2O3S/c17-10-5-7(1-3-9(10)16(18,19)20)13(23)22-15-21-11-6-8(14(24)25)2-4-12(11)26-15/h1-6H,(H,24,25)(H,21,22,23). The number of rotatable bonds is 3. The summed E-state index contributed by atoms with van der Waals surface area (Å²) in [6.07, 6.45) is -4.85. The fourth-order valence-corrected chi connectivity index (χ4v) is 3.01. The molecule has 1 amide bonds. The van der Waals surface area contributed by atoms with Gasteiger partial charge in [-0.2, -0.15) is 13.2 Å². The van der Waals surface area contributed by atoms with Gasteiger partial charge in [0.25, 0.3) is 5.91 Å². The first-order valence-corrected chi connectivity index (χ1v) is 7.79. The van der Waals surface area contributed by atoms with Crippen molar-refractivity contribution < 1.29 is 32.3 Å². The van der Waals surface area contributed by atoms with Crippen LogP contribution in [0.15, 0.2) is 36.4 Å². The molecule has 2 aromatic carbocycles. The van der Waals surface area contributed by atoms with Gasteiger partial charge >= 0.3 is 12.1 Å². The number of benzene rings is 2. The molecule has 0 saturated carbocycles. The lowest BCUT2D eigenvalue weighted by atomic mass is 10.1. The third-order valence-corrected chi connectivity index (χ3v) is 4.34. The summed E-state index contributed by atoms with van der Waals surface area (Å²) in [6, 6.07) is 6.05. The van der Waals surface area contributed by atoms with Gasteiger partial charge in [0, 0.05) is 5.56 Å². The van der Waals surface area contributed by atoms with Crippen molar-refractivity contribution in [1.82, 2.24) is 4.98 Å². The van der Waals surface area contributed by atoms with E-state index in [0.717, 1.165) is 17.4 Å². The van der Waals surface area contributed by atoms with Crippen LogP contribution < -0.4 is 5.32 Å². The van der Waals surface area contributed by atoms with Gasteiger partial charge in [-0.1, -0.05) is 11.3 Å². The number of amides is 1. The van der Waals surface area contributed by atoms with E-state index in [1.165, 1.54) is 18.2 Å². The second kappa shape index (κ2) is 6.37. The average molecular weight is 384 g/mol. The molecule has 3 rings (SSSR count). The van der Waals surface area contributed by atoms with Gasteiger partial charge in [-0.3, -0.25) is 10.1 Å². The van der Waals surface area contributed by atoms with Gasteiger partial charge in [-0.15, -0.1) is 0 Å². The molecule has 0 saturated heterocycles. The molecule has 10 heteroatoms. The monoisotopic (exact) mass is 384 g/mol. The van der Waals surface area contributed by atoms with Crippen LogP contribution in [0.25, 0.3) is 10.2 Å². The average Bonchev–Trinajstić information content (AvgIpc) is 2.94. The highest BCUT2D eigenvalue weighted by Crippen LogP contribution is 2.32. The van der Waals surface area contributed by atoms with E-state index >= 15 is 0 Å². The Bertz CT molecular complexity index is 1030. The Morgan fingerprint density at radius 2 is 1.77 bits per heavy atom. The SMILES string of the molecule is O=C(O)c1ccc2sc(NC(=O)c3ccc(C(F)(F)F)c(F)c3)nc2c1. The van der Waals surface area contributed by atoms with Crippen molar-refractivity contribution in [3.63, 3.8) is 0 Å². The summed E-state index contributed by atoms with van der Waals surface area (Å²) in [5, 5.41) is 11.4. The van der Waals surface area contributed by atoms with E-state index in [1.807, 2.05) is 0 Å². The van der Waals surface area contributed by atoms with Crippen LogP contribution in [-0.4, -0.2) is 22.0 Å². The topological polar surface area (TPSA) is 79.3 Å². The van der Waals surface area contributed by atoms with Crippen LogP contribution in [0.5, 0.6) is 0 Å². The number of aromatic carboxylic acids is 1. The largest absolute Gasteiger partial charge is 0.478 e. The molecule has 0 bridgehead atoms. The summed E-state index contributed by atoms with van der Waals surface area (Å²) in [7, 11) is 0. The molecule has 0 aliphatic heterocycles. The summed E-state index contributed by atoms with van der Waals surface area (Å²) in [6.45, 7) is 0. The third kappa shape index (κ3) is 3.49. The number of fused-ring (bicyclic) bond motifs is 1. The first-order chi connectivity index (χ1) is 12.1. The predicted octanol–water partition coefficient (Wildman–Crippen LogP) is 4.40. The van der Waals surface area contributed by atoms with E-state index in [9.17, 15) is 27.2 Å². The number of nitrogens with zero attached hydrogens (tertiary/aromatic N) is 1. The number of hydrogen-bond acceptors (Lipinski definition) is 4. The Morgan fingerprint density at radius 3 is 2.38 bits per heavy atom. The van der Waals surface area contributed by atoms with Crippen LogP contribution in [-0.2, 0) is 6.18 Å². The van der Waals surface area contributed by atoms with Crippen molar-refractivity contribution >= 4 is 38.6 Å². The molecule has 0 aliphatic rings. The van der Waals surface area contributed by atoms with Gasteiger partial charge in [-0.05, 0) is 36.4 Å². The van der Waals surface area contributed by atoms with E-state index in [0.29, 0.717) is 22.3 Å². The number of alkyl halides is 3. The highest BCUT2D eigenvalue weighted by molar-refractivity contribution is 7.22. The van der Waals surface area contributed by atoms with Gasteiger partial charge in [0.15, 0.2) is 5.13 Å². The number of anilines is 1. The molecule has 0 fully saturated rings. The number of carboxylic acid groups (broad SMARTS) is 1. The van der Waals surface area contributed by atoms with Gasteiger partial charge in [0.2, 0.25) is 0 Å². The summed E-state index contributed by atoms with van der Waals surface area (Å²) >= 11 is 1.04. The van der Waals surface area contributed by atoms with Crippen LogP contribution in [0.3, 0.4) is 0 Å². The fraction of sp³-hybridized carbons (Fsp3) is 0.0625. The van der Waals surface area contributed by atoms with Crippen molar-refractivity contribution in [2.24, 2.45) is 0 Å². The number of carbonyl (C=O) groups excluding carboxylic acids is 1. The number of aromatic nitrogens is 1. The number of carboxylic acids is 1. The van der Waals surface area contributed by atoms with Crippen LogP contribution >= 0.6 is 11.3 Å². The Kier molecular flexibility index (Phi) is 4.36. The summed E-state index contributed by atoms with van der Waals surface area (Å²) in [5.41, 5.74) is -1.41. The Morgan fingerprint density at radius 1 is 1.08 bits per heavy atom. The van der Waals surface area contributed by atoms with E-state index in [2.05, 4.69) is 10.3 Å². The first kappa shape index (κ1) is 17.8. The molecule has 5 nitrogen and oxygen atoms in total. The summed E-state index contributed by atoms with van der Waals surface area (Å²) in [4.78, 5) is 27.1. The minimum atomic E-state index is -4.85. The Hall–Kier alpha value is -3.01. The van der Waals surface area contributed by atoms with Gasteiger partial charge in [-0.25, -0.2) is 14.2 Å². The summed E-state index contributed by atoms with van der Waals surface area (Å²) < 4.78 is 51.8. The zero-order valence-corrected chi connectivity index (χ0v) is 13.4. The zero-order chi connectivity index (χ0) is 19.1. The van der Waals surface area contributed by atoms with Crippen molar-refractivity contribution in [3.05, 3.63) is 58.9 Å². The minimum Gasteiger partial charge on any atom is -0.478 e. The van der Waals surface area contributed by atoms with E-state index < -0.39 is 29.4 Å². The highest BCUT2D eigenvalue weighted by Gasteiger charge is 2.34. The van der Waals surface area contributed by atoms with E-state index in [-0.39, 0.29) is 16.3 Å². The second-order valence-electron chi connectivity index (χ2n) is 5.15. The molecule has 26 heavy (non-hydrogen) atoms. The lowest BCUT2D eigenvalue weighted by Gasteiger charge is -2.09. The molecular weight excluding hydrogens is 376 g/mol. The normalized spacial score (nSPS) is 11.5. The van der Waals surface area contributed by atoms with Crippen LogP contribution in [0, 0.1) is 5.82 Å². The van der Waals surface area contributed by atoms with Crippen molar-refractivity contribution in [2.75, 3.05) is 5.32 Å². The van der Waals surface area contributed by atoms with E-state index in [1.54, 1.807) is 0 Å². The number of halogens is 4. The molecule has 1 heterocycles. The van der Waals surface area contributed by atoms with Crippen molar-refractivity contribution in [3.8, 4) is 0 Å². The second-order valence-corrected chi connectivity index (χ2v) is 6.18.